The molecule has 130 valence electrons. The summed E-state index contributed by atoms with van der Waals surface area (Å²) in [5.74, 6) is -0.213. The third-order valence-electron chi connectivity index (χ3n) is 4.27. The van der Waals surface area contributed by atoms with Crippen molar-refractivity contribution < 1.29 is 9.59 Å². The van der Waals surface area contributed by atoms with Crippen LogP contribution < -0.4 is 5.32 Å². The van der Waals surface area contributed by atoms with Crippen LogP contribution in [0.1, 0.15) is 17.5 Å². The molecule has 0 saturated carbocycles. The van der Waals surface area contributed by atoms with Gasteiger partial charge in [0.15, 0.2) is 0 Å². The molecule has 0 bridgehead atoms. The van der Waals surface area contributed by atoms with Gasteiger partial charge in [-0.2, -0.15) is 0 Å². The van der Waals surface area contributed by atoms with Crippen LogP contribution in [0, 0.1) is 0 Å². The van der Waals surface area contributed by atoms with E-state index in [1.165, 1.54) is 11.1 Å². The van der Waals surface area contributed by atoms with Crippen molar-refractivity contribution in [2.45, 2.75) is 19.5 Å². The largest absolute Gasteiger partial charge is 0.324 e. The van der Waals surface area contributed by atoms with Gasteiger partial charge in [0.25, 0.3) is 0 Å². The number of hydrogen-bond acceptors (Lipinski definition) is 3. The molecule has 0 spiro atoms. The van der Waals surface area contributed by atoms with Gasteiger partial charge in [-0.15, -0.1) is 0 Å². The van der Waals surface area contributed by atoms with Crippen LogP contribution in [-0.2, 0) is 17.9 Å². The van der Waals surface area contributed by atoms with E-state index in [1.54, 1.807) is 4.90 Å². The fourth-order valence-corrected chi connectivity index (χ4v) is 3.05. The molecule has 3 rings (SSSR count). The number of nitrogens with zero attached hydrogens (tertiary/aromatic N) is 2. The van der Waals surface area contributed by atoms with Crippen LogP contribution in [0.15, 0.2) is 60.7 Å². The van der Waals surface area contributed by atoms with Crippen LogP contribution in [0.5, 0.6) is 0 Å². The van der Waals surface area contributed by atoms with Crippen molar-refractivity contribution in [3.05, 3.63) is 71.8 Å². The highest BCUT2D eigenvalue weighted by molar-refractivity contribution is 6.01. The lowest BCUT2D eigenvalue weighted by Crippen LogP contribution is -2.32. The van der Waals surface area contributed by atoms with Gasteiger partial charge in [0, 0.05) is 26.2 Å². The summed E-state index contributed by atoms with van der Waals surface area (Å²) >= 11 is 0. The van der Waals surface area contributed by atoms with Gasteiger partial charge in [-0.05, 0) is 17.5 Å². The molecule has 1 heterocycles. The van der Waals surface area contributed by atoms with Crippen molar-refractivity contribution in [1.29, 1.82) is 0 Å². The van der Waals surface area contributed by atoms with E-state index in [4.69, 9.17) is 0 Å². The van der Waals surface area contributed by atoms with Crippen LogP contribution in [0.25, 0.3) is 0 Å². The van der Waals surface area contributed by atoms with Crippen LogP contribution in [0.4, 0.5) is 4.79 Å². The molecule has 2 aromatic carbocycles. The maximum absolute atomic E-state index is 11.6. The molecular weight excluding hydrogens is 314 g/mol. The van der Waals surface area contributed by atoms with E-state index in [0.717, 1.165) is 26.1 Å². The number of rotatable bonds is 8. The predicted molar refractivity (Wildman–Crippen MR) is 96.7 cm³/mol. The molecular formula is C20H23N3O2. The fourth-order valence-electron chi connectivity index (χ4n) is 3.05. The summed E-state index contributed by atoms with van der Waals surface area (Å²) in [6.45, 7) is 3.36. The van der Waals surface area contributed by atoms with E-state index in [9.17, 15) is 9.59 Å². The van der Waals surface area contributed by atoms with Crippen molar-refractivity contribution >= 4 is 11.9 Å². The van der Waals surface area contributed by atoms with Crippen molar-refractivity contribution in [2.24, 2.45) is 0 Å². The Labute approximate surface area is 148 Å². The second kappa shape index (κ2) is 8.44. The summed E-state index contributed by atoms with van der Waals surface area (Å²) in [6, 6.07) is 20.5. The Bertz CT molecular complexity index is 662. The van der Waals surface area contributed by atoms with Gasteiger partial charge in [0.2, 0.25) is 5.91 Å². The van der Waals surface area contributed by atoms with Gasteiger partial charge >= 0.3 is 6.03 Å². The van der Waals surface area contributed by atoms with Crippen molar-refractivity contribution in [3.8, 4) is 0 Å². The summed E-state index contributed by atoms with van der Waals surface area (Å²) in [6.07, 6.45) is 0.834. The zero-order valence-electron chi connectivity index (χ0n) is 14.2. The summed E-state index contributed by atoms with van der Waals surface area (Å²) in [5.41, 5.74) is 2.54. The molecule has 1 fully saturated rings. The van der Waals surface area contributed by atoms with Gasteiger partial charge < -0.3 is 4.90 Å². The van der Waals surface area contributed by atoms with Crippen LogP contribution in [-0.4, -0.2) is 41.4 Å². The van der Waals surface area contributed by atoms with Gasteiger partial charge in [-0.25, -0.2) is 4.79 Å². The van der Waals surface area contributed by atoms with Crippen molar-refractivity contribution in [1.82, 2.24) is 15.1 Å². The molecule has 0 atom stereocenters. The Morgan fingerprint density at radius 1 is 0.880 bits per heavy atom. The highest BCUT2D eigenvalue weighted by atomic mass is 16.2. The highest BCUT2D eigenvalue weighted by Gasteiger charge is 2.25. The van der Waals surface area contributed by atoms with Crippen molar-refractivity contribution in [3.63, 3.8) is 0 Å². The van der Waals surface area contributed by atoms with Crippen LogP contribution >= 0.6 is 0 Å². The summed E-state index contributed by atoms with van der Waals surface area (Å²) in [7, 11) is 0. The number of nitrogens with one attached hydrogen (secondary N) is 1. The van der Waals surface area contributed by atoms with E-state index in [1.807, 2.05) is 12.1 Å². The smallest absolute Gasteiger partial charge is 0.315 e. The molecule has 1 saturated heterocycles. The Hall–Kier alpha value is -2.66. The van der Waals surface area contributed by atoms with Crippen molar-refractivity contribution in [2.75, 3.05) is 19.6 Å². The summed E-state index contributed by atoms with van der Waals surface area (Å²) in [4.78, 5) is 26.8. The lowest BCUT2D eigenvalue weighted by atomic mass is 10.1. The molecule has 1 N–H and O–H groups in total. The SMILES string of the molecule is O=C1CN(CCCN(Cc2ccccc2)Cc2ccccc2)C(=O)N1. The second-order valence-electron chi connectivity index (χ2n) is 6.31. The minimum atomic E-state index is -0.275. The standard InChI is InChI=1S/C20H23N3O2/c24-19-16-23(20(25)21-19)13-7-12-22(14-17-8-3-1-4-9-17)15-18-10-5-2-6-11-18/h1-6,8-11H,7,12-16H2,(H,21,24,25). The Morgan fingerprint density at radius 3 is 1.92 bits per heavy atom. The molecule has 1 aliphatic heterocycles. The Balaban J connectivity index is 1.57. The molecule has 1 aliphatic rings. The second-order valence-corrected chi connectivity index (χ2v) is 6.31. The van der Waals surface area contributed by atoms with Gasteiger partial charge in [0.1, 0.15) is 6.54 Å². The highest BCUT2D eigenvalue weighted by Crippen LogP contribution is 2.11. The predicted octanol–water partition coefficient (Wildman–Crippen LogP) is 2.63. The lowest BCUT2D eigenvalue weighted by Gasteiger charge is -2.24. The van der Waals surface area contributed by atoms with Gasteiger partial charge in [-0.1, -0.05) is 60.7 Å². The van der Waals surface area contributed by atoms with Gasteiger partial charge in [-0.3, -0.25) is 15.0 Å². The van der Waals surface area contributed by atoms with E-state index in [2.05, 4.69) is 58.7 Å². The maximum Gasteiger partial charge on any atom is 0.324 e. The quantitative estimate of drug-likeness (QED) is 0.754. The minimum absolute atomic E-state index is 0.177. The molecule has 0 aromatic heterocycles. The summed E-state index contributed by atoms with van der Waals surface area (Å²) in [5, 5.41) is 2.32. The first-order valence-electron chi connectivity index (χ1n) is 8.60. The number of benzene rings is 2. The molecule has 0 radical (unpaired) electrons. The molecule has 0 unspecified atom stereocenters. The normalized spacial score (nSPS) is 14.2. The third kappa shape index (κ3) is 5.16. The first kappa shape index (κ1) is 17.2. The monoisotopic (exact) mass is 337 g/mol. The van der Waals surface area contributed by atoms with Gasteiger partial charge in [0.05, 0.1) is 0 Å². The number of amides is 3. The third-order valence-corrected chi connectivity index (χ3v) is 4.27. The molecule has 25 heavy (non-hydrogen) atoms. The minimum Gasteiger partial charge on any atom is -0.315 e. The number of carbonyl (C=O) groups excluding carboxylic acids is 2. The zero-order valence-corrected chi connectivity index (χ0v) is 14.2. The molecule has 2 aromatic rings. The Kier molecular flexibility index (Phi) is 5.80. The van der Waals surface area contributed by atoms with E-state index in [0.29, 0.717) is 6.54 Å². The number of carbonyl (C=O) groups is 2. The average molecular weight is 337 g/mol. The first-order chi connectivity index (χ1) is 12.2. The lowest BCUT2D eigenvalue weighted by molar-refractivity contribution is -0.118. The maximum atomic E-state index is 11.6. The molecule has 5 heteroatoms. The Morgan fingerprint density at radius 2 is 1.44 bits per heavy atom. The molecule has 0 aliphatic carbocycles. The molecule has 3 amide bonds. The average Bonchev–Trinajstić information content (AvgIpc) is 2.94. The summed E-state index contributed by atoms with van der Waals surface area (Å²) < 4.78 is 0. The van der Waals surface area contributed by atoms with E-state index in [-0.39, 0.29) is 18.5 Å². The first-order valence-corrected chi connectivity index (χ1v) is 8.60. The number of hydrogen-bond donors (Lipinski definition) is 1. The van der Waals surface area contributed by atoms with E-state index < -0.39 is 0 Å². The molecule has 5 nitrogen and oxygen atoms in total. The number of imide groups is 1. The van der Waals surface area contributed by atoms with E-state index >= 15 is 0 Å². The van der Waals surface area contributed by atoms with Crippen LogP contribution in [0.3, 0.4) is 0 Å². The fraction of sp³-hybridized carbons (Fsp3) is 0.300. The van der Waals surface area contributed by atoms with Crippen LogP contribution in [0.2, 0.25) is 0 Å². The number of urea groups is 1. The topological polar surface area (TPSA) is 52.7 Å². The zero-order chi connectivity index (χ0) is 17.5.